The molecule has 1 aliphatic rings. The highest BCUT2D eigenvalue weighted by molar-refractivity contribution is 7.91. The smallest absolute Gasteiger partial charge is 0.323 e. The van der Waals surface area contributed by atoms with Crippen molar-refractivity contribution in [1.82, 2.24) is 10.1 Å². The van der Waals surface area contributed by atoms with E-state index < -0.39 is 34.3 Å². The van der Waals surface area contributed by atoms with Crippen molar-refractivity contribution in [2.24, 2.45) is 0 Å². The lowest BCUT2D eigenvalue weighted by atomic mass is 10.2. The van der Waals surface area contributed by atoms with Crippen LogP contribution in [0.1, 0.15) is 22.7 Å². The standard InChI is InChI=1S/C11H14N2O6S/c1-7-4-9(19-12-7)11(16)13(5-10(14)15)8-2-3-20(17,18)6-8/h4,8H,2-3,5-6H2,1H3,(H,14,15). The van der Waals surface area contributed by atoms with Gasteiger partial charge in [-0.2, -0.15) is 0 Å². The molecule has 1 fully saturated rings. The lowest BCUT2D eigenvalue weighted by Gasteiger charge is -2.25. The van der Waals surface area contributed by atoms with Gasteiger partial charge in [0.15, 0.2) is 9.84 Å². The molecule has 2 rings (SSSR count). The number of amides is 1. The van der Waals surface area contributed by atoms with Crippen molar-refractivity contribution in [3.63, 3.8) is 0 Å². The van der Waals surface area contributed by atoms with Gasteiger partial charge in [0, 0.05) is 12.1 Å². The van der Waals surface area contributed by atoms with E-state index in [1.807, 2.05) is 0 Å². The summed E-state index contributed by atoms with van der Waals surface area (Å²) in [6.45, 7) is 1.06. The van der Waals surface area contributed by atoms with Gasteiger partial charge in [0.1, 0.15) is 6.54 Å². The summed E-state index contributed by atoms with van der Waals surface area (Å²) in [5.74, 6) is -2.22. The molecule has 1 N–H and O–H groups in total. The first-order chi connectivity index (χ1) is 9.28. The highest BCUT2D eigenvalue weighted by Crippen LogP contribution is 2.20. The van der Waals surface area contributed by atoms with Crippen LogP contribution in [0.4, 0.5) is 0 Å². The molecule has 0 radical (unpaired) electrons. The van der Waals surface area contributed by atoms with E-state index in [2.05, 4.69) is 5.16 Å². The SMILES string of the molecule is Cc1cc(C(=O)N(CC(=O)O)C2CCS(=O)(=O)C2)on1. The van der Waals surface area contributed by atoms with Crippen molar-refractivity contribution >= 4 is 21.7 Å². The van der Waals surface area contributed by atoms with Gasteiger partial charge in [0.25, 0.3) is 5.91 Å². The molecular weight excluding hydrogens is 288 g/mol. The second-order valence-electron chi connectivity index (χ2n) is 4.72. The number of carbonyl (C=O) groups excluding carboxylic acids is 1. The van der Waals surface area contributed by atoms with Gasteiger partial charge in [-0.05, 0) is 13.3 Å². The van der Waals surface area contributed by atoms with Crippen molar-refractivity contribution in [3.8, 4) is 0 Å². The van der Waals surface area contributed by atoms with Gasteiger partial charge in [0.05, 0.1) is 17.2 Å². The number of carboxylic acid groups (broad SMARTS) is 1. The molecule has 1 aliphatic heterocycles. The van der Waals surface area contributed by atoms with E-state index in [1.54, 1.807) is 6.92 Å². The molecule has 9 heteroatoms. The number of aryl methyl sites for hydroxylation is 1. The van der Waals surface area contributed by atoms with Gasteiger partial charge in [-0.1, -0.05) is 5.16 Å². The molecule has 1 atom stereocenters. The number of carbonyl (C=O) groups is 2. The average molecular weight is 302 g/mol. The lowest BCUT2D eigenvalue weighted by Crippen LogP contribution is -2.44. The summed E-state index contributed by atoms with van der Waals surface area (Å²) in [5.41, 5.74) is 0.489. The quantitative estimate of drug-likeness (QED) is 0.811. The Morgan fingerprint density at radius 1 is 1.55 bits per heavy atom. The molecule has 1 aromatic heterocycles. The third kappa shape index (κ3) is 3.16. The Kier molecular flexibility index (Phi) is 3.80. The van der Waals surface area contributed by atoms with E-state index in [1.165, 1.54) is 6.07 Å². The number of aliphatic carboxylic acids is 1. The molecule has 1 saturated heterocycles. The zero-order valence-corrected chi connectivity index (χ0v) is 11.6. The third-order valence-electron chi connectivity index (χ3n) is 3.05. The summed E-state index contributed by atoms with van der Waals surface area (Å²) in [6.07, 6.45) is 0.231. The third-order valence-corrected chi connectivity index (χ3v) is 4.80. The fourth-order valence-corrected chi connectivity index (χ4v) is 3.87. The first-order valence-corrected chi connectivity index (χ1v) is 7.77. The van der Waals surface area contributed by atoms with Crippen molar-refractivity contribution in [2.75, 3.05) is 18.1 Å². The molecule has 110 valence electrons. The molecule has 0 aromatic carbocycles. The summed E-state index contributed by atoms with van der Waals surface area (Å²) in [6, 6.07) is 0.745. The van der Waals surface area contributed by atoms with E-state index in [0.717, 1.165) is 4.90 Å². The average Bonchev–Trinajstić information content (AvgIpc) is 2.91. The Morgan fingerprint density at radius 2 is 2.25 bits per heavy atom. The predicted molar refractivity (Wildman–Crippen MR) is 67.0 cm³/mol. The summed E-state index contributed by atoms with van der Waals surface area (Å²) >= 11 is 0. The number of hydrogen-bond donors (Lipinski definition) is 1. The Bertz CT molecular complexity index is 635. The van der Waals surface area contributed by atoms with Crippen LogP contribution < -0.4 is 0 Å². The molecule has 0 saturated carbocycles. The topological polar surface area (TPSA) is 118 Å². The Balaban J connectivity index is 2.24. The monoisotopic (exact) mass is 302 g/mol. The minimum absolute atomic E-state index is 0.0451. The van der Waals surface area contributed by atoms with E-state index in [0.29, 0.717) is 5.69 Å². The van der Waals surface area contributed by atoms with E-state index in [9.17, 15) is 18.0 Å². The van der Waals surface area contributed by atoms with Crippen LogP contribution in [0.2, 0.25) is 0 Å². The van der Waals surface area contributed by atoms with Crippen LogP contribution in [-0.2, 0) is 14.6 Å². The summed E-state index contributed by atoms with van der Waals surface area (Å²) < 4.78 is 27.8. The van der Waals surface area contributed by atoms with Gasteiger partial charge in [0.2, 0.25) is 5.76 Å². The van der Waals surface area contributed by atoms with Crippen LogP contribution in [0.3, 0.4) is 0 Å². The maximum atomic E-state index is 12.2. The molecule has 1 aromatic rings. The number of sulfone groups is 1. The molecule has 1 amide bonds. The van der Waals surface area contributed by atoms with Crippen LogP contribution in [0.5, 0.6) is 0 Å². The van der Waals surface area contributed by atoms with Gasteiger partial charge < -0.3 is 14.5 Å². The second kappa shape index (κ2) is 5.23. The van der Waals surface area contributed by atoms with Crippen LogP contribution in [0.15, 0.2) is 10.6 Å². The number of hydrogen-bond acceptors (Lipinski definition) is 6. The molecule has 0 aliphatic carbocycles. The number of carboxylic acids is 1. The fraction of sp³-hybridized carbons (Fsp3) is 0.545. The van der Waals surface area contributed by atoms with Crippen molar-refractivity contribution in [3.05, 3.63) is 17.5 Å². The molecule has 8 nitrogen and oxygen atoms in total. The molecule has 2 heterocycles. The number of nitrogens with zero attached hydrogens (tertiary/aromatic N) is 2. The summed E-state index contributed by atoms with van der Waals surface area (Å²) in [4.78, 5) is 24.1. The van der Waals surface area contributed by atoms with E-state index >= 15 is 0 Å². The molecule has 20 heavy (non-hydrogen) atoms. The molecule has 0 bridgehead atoms. The molecular formula is C11H14N2O6S. The molecule has 0 spiro atoms. The zero-order valence-electron chi connectivity index (χ0n) is 10.8. The Morgan fingerprint density at radius 3 is 2.70 bits per heavy atom. The second-order valence-corrected chi connectivity index (χ2v) is 6.94. The summed E-state index contributed by atoms with van der Waals surface area (Å²) in [5, 5.41) is 12.5. The van der Waals surface area contributed by atoms with Crippen LogP contribution in [-0.4, -0.2) is 59.5 Å². The minimum atomic E-state index is -3.22. The largest absolute Gasteiger partial charge is 0.480 e. The fourth-order valence-electron chi connectivity index (χ4n) is 2.14. The Hall–Kier alpha value is -1.90. The number of rotatable bonds is 4. The summed E-state index contributed by atoms with van der Waals surface area (Å²) in [7, 11) is -3.22. The predicted octanol–water partition coefficient (Wildman–Crippen LogP) is -0.303. The van der Waals surface area contributed by atoms with Crippen LogP contribution in [0.25, 0.3) is 0 Å². The maximum absolute atomic E-state index is 12.2. The van der Waals surface area contributed by atoms with Gasteiger partial charge in [-0.15, -0.1) is 0 Å². The van der Waals surface area contributed by atoms with Crippen molar-refractivity contribution < 1.29 is 27.6 Å². The van der Waals surface area contributed by atoms with E-state index in [-0.39, 0.29) is 23.7 Å². The highest BCUT2D eigenvalue weighted by atomic mass is 32.2. The lowest BCUT2D eigenvalue weighted by molar-refractivity contribution is -0.138. The van der Waals surface area contributed by atoms with Crippen LogP contribution >= 0.6 is 0 Å². The van der Waals surface area contributed by atoms with Crippen molar-refractivity contribution in [2.45, 2.75) is 19.4 Å². The van der Waals surface area contributed by atoms with E-state index in [4.69, 9.17) is 9.63 Å². The first kappa shape index (κ1) is 14.5. The Labute approximate surface area is 115 Å². The number of aromatic nitrogens is 1. The normalized spacial score (nSPS) is 20.8. The van der Waals surface area contributed by atoms with Gasteiger partial charge in [-0.25, -0.2) is 8.42 Å². The maximum Gasteiger partial charge on any atom is 0.323 e. The van der Waals surface area contributed by atoms with Gasteiger partial charge in [-0.3, -0.25) is 9.59 Å². The minimum Gasteiger partial charge on any atom is -0.480 e. The highest BCUT2D eigenvalue weighted by Gasteiger charge is 2.37. The van der Waals surface area contributed by atoms with Crippen molar-refractivity contribution in [1.29, 1.82) is 0 Å². The van der Waals surface area contributed by atoms with Gasteiger partial charge >= 0.3 is 5.97 Å². The van der Waals surface area contributed by atoms with Crippen LogP contribution in [0, 0.1) is 6.92 Å². The first-order valence-electron chi connectivity index (χ1n) is 5.95. The molecule has 1 unspecified atom stereocenters. The zero-order chi connectivity index (χ0) is 14.9.